The van der Waals surface area contributed by atoms with E-state index in [0.717, 1.165) is 22.6 Å². The molecule has 0 radical (unpaired) electrons. The zero-order chi connectivity index (χ0) is 15.2. The lowest BCUT2D eigenvalue weighted by molar-refractivity contribution is 0.0604. The maximum atomic E-state index is 9.89. The van der Waals surface area contributed by atoms with Crippen molar-refractivity contribution in [3.63, 3.8) is 0 Å². The van der Waals surface area contributed by atoms with Crippen molar-refractivity contribution in [3.05, 3.63) is 47.2 Å². The third kappa shape index (κ3) is 4.43. The predicted octanol–water partition coefficient (Wildman–Crippen LogP) is 2.22. The molecule has 0 spiro atoms. The average Bonchev–Trinajstić information content (AvgIpc) is 2.47. The van der Waals surface area contributed by atoms with Crippen LogP contribution in [0.1, 0.15) is 16.8 Å². The minimum atomic E-state index is -0.729. The van der Waals surface area contributed by atoms with Crippen LogP contribution in [0, 0.1) is 20.8 Å². The first-order chi connectivity index (χ1) is 10.1. The summed E-state index contributed by atoms with van der Waals surface area (Å²) in [6.45, 7) is 6.07. The van der Waals surface area contributed by atoms with E-state index in [2.05, 4.69) is 10.2 Å². The van der Waals surface area contributed by atoms with E-state index in [1.165, 1.54) is 0 Å². The highest BCUT2D eigenvalue weighted by Crippen LogP contribution is 2.16. The van der Waals surface area contributed by atoms with Crippen molar-refractivity contribution in [1.29, 1.82) is 0 Å². The minimum absolute atomic E-state index is 0.114. The maximum absolute atomic E-state index is 9.89. The number of aliphatic hydroxyl groups excluding tert-OH is 1. The number of benzene rings is 1. The van der Waals surface area contributed by atoms with Crippen molar-refractivity contribution in [3.8, 4) is 11.6 Å². The molecule has 1 heterocycles. The largest absolute Gasteiger partial charge is 0.490 e. The van der Waals surface area contributed by atoms with Gasteiger partial charge in [-0.15, -0.1) is 5.10 Å². The lowest BCUT2D eigenvalue weighted by atomic mass is 10.2. The predicted molar refractivity (Wildman–Crippen MR) is 79.7 cm³/mol. The fourth-order valence-corrected chi connectivity index (χ4v) is 1.73. The van der Waals surface area contributed by atoms with Crippen LogP contribution in [0.4, 0.5) is 0 Å². The molecule has 1 aromatic heterocycles. The van der Waals surface area contributed by atoms with Crippen LogP contribution in [-0.4, -0.2) is 34.6 Å². The van der Waals surface area contributed by atoms with Crippen LogP contribution in [0.2, 0.25) is 0 Å². The van der Waals surface area contributed by atoms with E-state index in [-0.39, 0.29) is 13.2 Å². The molecule has 1 N–H and O–H groups in total. The van der Waals surface area contributed by atoms with Crippen molar-refractivity contribution in [2.45, 2.75) is 26.9 Å². The SMILES string of the molecule is Cc1ccccc1OCC(O)COc1cc(C)c(C)nn1. The van der Waals surface area contributed by atoms with Crippen molar-refractivity contribution >= 4 is 0 Å². The summed E-state index contributed by atoms with van der Waals surface area (Å²) in [6, 6.07) is 9.48. The topological polar surface area (TPSA) is 64.5 Å². The van der Waals surface area contributed by atoms with Crippen LogP contribution >= 0.6 is 0 Å². The Morgan fingerprint density at radius 1 is 1.00 bits per heavy atom. The summed E-state index contributed by atoms with van der Waals surface area (Å²) in [6.07, 6.45) is -0.729. The molecule has 0 aliphatic heterocycles. The average molecular weight is 288 g/mol. The highest BCUT2D eigenvalue weighted by molar-refractivity contribution is 5.31. The summed E-state index contributed by atoms with van der Waals surface area (Å²) in [7, 11) is 0. The normalized spacial score (nSPS) is 12.0. The summed E-state index contributed by atoms with van der Waals surface area (Å²) in [5, 5.41) is 17.8. The second kappa shape index (κ2) is 7.04. The van der Waals surface area contributed by atoms with Gasteiger partial charge in [0.05, 0.1) is 5.69 Å². The number of rotatable bonds is 6. The van der Waals surface area contributed by atoms with Gasteiger partial charge in [-0.1, -0.05) is 18.2 Å². The number of aromatic nitrogens is 2. The molecular formula is C16H20N2O3. The Balaban J connectivity index is 1.81. The van der Waals surface area contributed by atoms with Gasteiger partial charge < -0.3 is 14.6 Å². The van der Waals surface area contributed by atoms with Crippen LogP contribution in [0.5, 0.6) is 11.6 Å². The van der Waals surface area contributed by atoms with Gasteiger partial charge in [0.25, 0.3) is 0 Å². The number of hydrogen-bond acceptors (Lipinski definition) is 5. The third-order valence-electron chi connectivity index (χ3n) is 3.16. The summed E-state index contributed by atoms with van der Waals surface area (Å²) in [5.74, 6) is 1.18. The molecule has 0 saturated carbocycles. The number of ether oxygens (including phenoxy) is 2. The Bertz CT molecular complexity index is 602. The lowest BCUT2D eigenvalue weighted by Gasteiger charge is -2.14. The van der Waals surface area contributed by atoms with Crippen molar-refractivity contribution in [2.75, 3.05) is 13.2 Å². The zero-order valence-corrected chi connectivity index (χ0v) is 12.5. The van der Waals surface area contributed by atoms with Gasteiger partial charge in [-0.2, -0.15) is 5.10 Å². The molecule has 2 rings (SSSR count). The quantitative estimate of drug-likeness (QED) is 0.883. The van der Waals surface area contributed by atoms with Gasteiger partial charge in [-0.25, -0.2) is 0 Å². The molecular weight excluding hydrogens is 268 g/mol. The molecule has 112 valence electrons. The fraction of sp³-hybridized carbons (Fsp3) is 0.375. The van der Waals surface area contributed by atoms with Gasteiger partial charge in [0.2, 0.25) is 5.88 Å². The number of aryl methyl sites for hydroxylation is 3. The Labute approximate surface area is 124 Å². The standard InChI is InChI=1S/C16H20N2O3/c1-11-6-4-5-7-15(11)20-9-14(19)10-21-16-8-12(2)13(3)17-18-16/h4-8,14,19H,9-10H2,1-3H3. The Hall–Kier alpha value is -2.14. The van der Waals surface area contributed by atoms with E-state index >= 15 is 0 Å². The van der Waals surface area contributed by atoms with E-state index in [1.54, 1.807) is 6.07 Å². The second-order valence-electron chi connectivity index (χ2n) is 4.99. The number of nitrogens with zero attached hydrogens (tertiary/aromatic N) is 2. The molecule has 1 unspecified atom stereocenters. The van der Waals surface area contributed by atoms with Crippen molar-refractivity contribution in [2.24, 2.45) is 0 Å². The maximum Gasteiger partial charge on any atom is 0.233 e. The van der Waals surface area contributed by atoms with Crippen molar-refractivity contribution in [1.82, 2.24) is 10.2 Å². The molecule has 0 aliphatic carbocycles. The third-order valence-corrected chi connectivity index (χ3v) is 3.16. The second-order valence-corrected chi connectivity index (χ2v) is 4.99. The van der Waals surface area contributed by atoms with Gasteiger partial charge in [0, 0.05) is 6.07 Å². The summed E-state index contributed by atoms with van der Waals surface area (Å²) in [4.78, 5) is 0. The molecule has 2 aromatic rings. The van der Waals surface area contributed by atoms with Gasteiger partial charge >= 0.3 is 0 Å². The van der Waals surface area contributed by atoms with Gasteiger partial charge in [0.15, 0.2) is 0 Å². The molecule has 5 heteroatoms. The summed E-state index contributed by atoms with van der Waals surface area (Å²) < 4.78 is 11.0. The van der Waals surface area contributed by atoms with E-state index in [0.29, 0.717) is 5.88 Å². The van der Waals surface area contributed by atoms with Crippen LogP contribution in [0.15, 0.2) is 30.3 Å². The molecule has 1 aromatic carbocycles. The first-order valence-corrected chi connectivity index (χ1v) is 6.86. The molecule has 1 atom stereocenters. The van der Waals surface area contributed by atoms with E-state index in [4.69, 9.17) is 9.47 Å². The first kappa shape index (κ1) is 15.3. The van der Waals surface area contributed by atoms with Gasteiger partial charge in [0.1, 0.15) is 25.1 Å². The highest BCUT2D eigenvalue weighted by atomic mass is 16.5. The van der Waals surface area contributed by atoms with E-state index in [9.17, 15) is 5.11 Å². The monoisotopic (exact) mass is 288 g/mol. The molecule has 0 bridgehead atoms. The lowest BCUT2D eigenvalue weighted by Crippen LogP contribution is -2.25. The molecule has 0 saturated heterocycles. The molecule has 0 aliphatic rings. The Morgan fingerprint density at radius 3 is 2.43 bits per heavy atom. The zero-order valence-electron chi connectivity index (χ0n) is 12.5. The van der Waals surface area contributed by atoms with Gasteiger partial charge in [-0.05, 0) is 38.0 Å². The molecule has 5 nitrogen and oxygen atoms in total. The van der Waals surface area contributed by atoms with Crippen LogP contribution in [-0.2, 0) is 0 Å². The van der Waals surface area contributed by atoms with Crippen LogP contribution in [0.3, 0.4) is 0 Å². The smallest absolute Gasteiger partial charge is 0.233 e. The van der Waals surface area contributed by atoms with Crippen LogP contribution in [0.25, 0.3) is 0 Å². The Kier molecular flexibility index (Phi) is 5.11. The number of aliphatic hydroxyl groups is 1. The van der Waals surface area contributed by atoms with E-state index < -0.39 is 6.10 Å². The minimum Gasteiger partial charge on any atom is -0.490 e. The molecule has 0 fully saturated rings. The molecule has 21 heavy (non-hydrogen) atoms. The van der Waals surface area contributed by atoms with Crippen molar-refractivity contribution < 1.29 is 14.6 Å². The summed E-state index contributed by atoms with van der Waals surface area (Å²) >= 11 is 0. The van der Waals surface area contributed by atoms with Crippen LogP contribution < -0.4 is 9.47 Å². The fourth-order valence-electron chi connectivity index (χ4n) is 1.73. The highest BCUT2D eigenvalue weighted by Gasteiger charge is 2.09. The Morgan fingerprint density at radius 2 is 1.71 bits per heavy atom. The first-order valence-electron chi connectivity index (χ1n) is 6.86. The van der Waals surface area contributed by atoms with E-state index in [1.807, 2.05) is 45.0 Å². The number of para-hydroxylation sites is 1. The molecule has 0 amide bonds. The van der Waals surface area contributed by atoms with Gasteiger partial charge in [-0.3, -0.25) is 0 Å². The summed E-state index contributed by atoms with van der Waals surface area (Å²) in [5.41, 5.74) is 2.90. The number of hydrogen-bond donors (Lipinski definition) is 1.